The molecule has 0 aromatic rings. The Kier molecular flexibility index (Phi) is 3.12. The van der Waals surface area contributed by atoms with Crippen molar-refractivity contribution in [3.05, 3.63) is 0 Å². The molecule has 0 atom stereocenters. The molecule has 96 valence electrons. The van der Waals surface area contributed by atoms with Crippen LogP contribution in [0.3, 0.4) is 0 Å². The van der Waals surface area contributed by atoms with Crippen molar-refractivity contribution >= 4 is 11.9 Å². The third kappa shape index (κ3) is 1.64. The minimum atomic E-state index is -0.577. The smallest absolute Gasteiger partial charge is 0.317 e. The van der Waals surface area contributed by atoms with E-state index in [1.54, 1.807) is 4.90 Å². The van der Waals surface area contributed by atoms with Gasteiger partial charge in [0, 0.05) is 12.6 Å². The Bertz CT molecular complexity index is 335. The predicted octanol–water partition coefficient (Wildman–Crippen LogP) is 0.801. The maximum absolute atomic E-state index is 12.5. The van der Waals surface area contributed by atoms with Gasteiger partial charge in [-0.25, -0.2) is 4.79 Å². The number of carbonyl (C=O) groups excluding carboxylic acids is 2. The Labute approximate surface area is 102 Å². The Morgan fingerprint density at radius 2 is 1.88 bits per heavy atom. The standard InChI is InChI=1S/C12H21N3O2/c1-4-14-10(16)12(5-7-13-8-6-12)15(9(2)3)11(14)17/h9,13H,4-8H2,1-3H3. The molecule has 0 unspecified atom stereocenters. The normalized spacial score (nSPS) is 24.2. The first-order valence-corrected chi connectivity index (χ1v) is 6.40. The Balaban J connectivity index is 2.39. The number of likely N-dealkylation sites (N-methyl/N-ethyl adjacent to an activating group) is 1. The fourth-order valence-electron chi connectivity index (χ4n) is 3.04. The summed E-state index contributed by atoms with van der Waals surface area (Å²) in [5, 5.41) is 3.25. The van der Waals surface area contributed by atoms with Crippen LogP contribution in [0.2, 0.25) is 0 Å². The Morgan fingerprint density at radius 1 is 1.29 bits per heavy atom. The predicted molar refractivity (Wildman–Crippen MR) is 64.6 cm³/mol. The van der Waals surface area contributed by atoms with Gasteiger partial charge in [-0.2, -0.15) is 0 Å². The molecule has 2 rings (SSSR count). The molecule has 0 aromatic heterocycles. The average molecular weight is 239 g/mol. The van der Waals surface area contributed by atoms with E-state index in [0.29, 0.717) is 6.54 Å². The van der Waals surface area contributed by atoms with Crippen LogP contribution in [0.1, 0.15) is 33.6 Å². The average Bonchev–Trinajstić information content (AvgIpc) is 2.49. The van der Waals surface area contributed by atoms with Crippen LogP contribution in [0.15, 0.2) is 0 Å². The van der Waals surface area contributed by atoms with E-state index in [4.69, 9.17) is 0 Å². The monoisotopic (exact) mass is 239 g/mol. The number of nitrogens with zero attached hydrogens (tertiary/aromatic N) is 2. The van der Waals surface area contributed by atoms with Crippen LogP contribution in [0.4, 0.5) is 4.79 Å². The number of nitrogens with one attached hydrogen (secondary N) is 1. The molecule has 5 heteroatoms. The number of urea groups is 1. The zero-order valence-electron chi connectivity index (χ0n) is 10.8. The molecule has 2 fully saturated rings. The zero-order chi connectivity index (χ0) is 12.6. The fourth-order valence-corrected chi connectivity index (χ4v) is 3.04. The van der Waals surface area contributed by atoms with Gasteiger partial charge in [0.1, 0.15) is 5.54 Å². The maximum Gasteiger partial charge on any atom is 0.327 e. The van der Waals surface area contributed by atoms with E-state index in [-0.39, 0.29) is 18.0 Å². The summed E-state index contributed by atoms with van der Waals surface area (Å²) in [6.07, 6.45) is 1.46. The molecule has 3 amide bonds. The second-order valence-corrected chi connectivity index (χ2v) is 5.08. The van der Waals surface area contributed by atoms with E-state index in [2.05, 4.69) is 5.32 Å². The number of imide groups is 1. The molecule has 5 nitrogen and oxygen atoms in total. The number of hydrogen-bond donors (Lipinski definition) is 1. The SMILES string of the molecule is CCN1C(=O)N(C(C)C)C2(CCNCC2)C1=O. The van der Waals surface area contributed by atoms with E-state index >= 15 is 0 Å². The lowest BCUT2D eigenvalue weighted by Gasteiger charge is -2.40. The van der Waals surface area contributed by atoms with Gasteiger partial charge in [0.15, 0.2) is 0 Å². The molecule has 0 aromatic carbocycles. The van der Waals surface area contributed by atoms with Crippen molar-refractivity contribution in [3.63, 3.8) is 0 Å². The van der Waals surface area contributed by atoms with E-state index in [9.17, 15) is 9.59 Å². The maximum atomic E-state index is 12.5. The summed E-state index contributed by atoms with van der Waals surface area (Å²) in [4.78, 5) is 27.9. The summed E-state index contributed by atoms with van der Waals surface area (Å²) < 4.78 is 0. The lowest BCUT2D eigenvalue weighted by atomic mass is 9.86. The van der Waals surface area contributed by atoms with Crippen molar-refractivity contribution in [1.29, 1.82) is 0 Å². The topological polar surface area (TPSA) is 52.7 Å². The number of rotatable bonds is 2. The molecule has 2 aliphatic heterocycles. The summed E-state index contributed by atoms with van der Waals surface area (Å²) in [5.41, 5.74) is -0.577. The lowest BCUT2D eigenvalue weighted by Crippen LogP contribution is -2.57. The molecular weight excluding hydrogens is 218 g/mol. The second-order valence-electron chi connectivity index (χ2n) is 5.08. The number of hydrogen-bond acceptors (Lipinski definition) is 3. The van der Waals surface area contributed by atoms with Crippen molar-refractivity contribution in [3.8, 4) is 0 Å². The summed E-state index contributed by atoms with van der Waals surface area (Å²) >= 11 is 0. The molecule has 1 spiro atoms. The van der Waals surface area contributed by atoms with Crippen LogP contribution in [-0.4, -0.2) is 53.0 Å². The van der Waals surface area contributed by atoms with Gasteiger partial charge in [-0.3, -0.25) is 9.69 Å². The minimum absolute atomic E-state index is 0.000185. The van der Waals surface area contributed by atoms with Gasteiger partial charge in [0.25, 0.3) is 5.91 Å². The van der Waals surface area contributed by atoms with Crippen LogP contribution in [0, 0.1) is 0 Å². The molecule has 17 heavy (non-hydrogen) atoms. The van der Waals surface area contributed by atoms with Gasteiger partial charge in [0.2, 0.25) is 0 Å². The van der Waals surface area contributed by atoms with E-state index in [1.165, 1.54) is 4.90 Å². The third-order valence-corrected chi connectivity index (χ3v) is 3.80. The summed E-state index contributed by atoms with van der Waals surface area (Å²) in [5.74, 6) is 0.000185. The van der Waals surface area contributed by atoms with Crippen LogP contribution in [0.5, 0.6) is 0 Å². The molecule has 1 N–H and O–H groups in total. The summed E-state index contributed by atoms with van der Waals surface area (Å²) in [6.45, 7) is 7.90. The van der Waals surface area contributed by atoms with Gasteiger partial charge < -0.3 is 10.2 Å². The van der Waals surface area contributed by atoms with Crippen LogP contribution in [-0.2, 0) is 4.79 Å². The molecule has 2 aliphatic rings. The molecular formula is C12H21N3O2. The first-order chi connectivity index (χ1) is 8.04. The van der Waals surface area contributed by atoms with Gasteiger partial charge in [0.05, 0.1) is 0 Å². The highest BCUT2D eigenvalue weighted by Gasteiger charge is 2.57. The number of piperidine rings is 1. The first-order valence-electron chi connectivity index (χ1n) is 6.40. The van der Waals surface area contributed by atoms with Gasteiger partial charge in [-0.05, 0) is 46.7 Å². The molecule has 0 radical (unpaired) electrons. The van der Waals surface area contributed by atoms with E-state index in [1.807, 2.05) is 20.8 Å². The van der Waals surface area contributed by atoms with Gasteiger partial charge in [-0.1, -0.05) is 0 Å². The first kappa shape index (κ1) is 12.4. The molecule has 2 saturated heterocycles. The Hall–Kier alpha value is -1.10. The van der Waals surface area contributed by atoms with E-state index < -0.39 is 5.54 Å². The number of carbonyl (C=O) groups is 2. The minimum Gasteiger partial charge on any atom is -0.317 e. The van der Waals surface area contributed by atoms with Crippen LogP contribution >= 0.6 is 0 Å². The molecule has 0 saturated carbocycles. The summed E-state index contributed by atoms with van der Waals surface area (Å²) in [7, 11) is 0. The van der Waals surface area contributed by atoms with Gasteiger partial charge >= 0.3 is 6.03 Å². The lowest BCUT2D eigenvalue weighted by molar-refractivity contribution is -0.134. The van der Waals surface area contributed by atoms with Crippen LogP contribution < -0.4 is 5.32 Å². The molecule has 2 heterocycles. The highest BCUT2D eigenvalue weighted by molar-refractivity contribution is 6.07. The van der Waals surface area contributed by atoms with Crippen molar-refractivity contribution in [2.75, 3.05) is 19.6 Å². The summed E-state index contributed by atoms with van der Waals surface area (Å²) in [6, 6.07) is -0.0458. The largest absolute Gasteiger partial charge is 0.327 e. The van der Waals surface area contributed by atoms with Crippen molar-refractivity contribution in [2.24, 2.45) is 0 Å². The highest BCUT2D eigenvalue weighted by Crippen LogP contribution is 2.36. The van der Waals surface area contributed by atoms with Crippen molar-refractivity contribution < 1.29 is 9.59 Å². The zero-order valence-corrected chi connectivity index (χ0v) is 10.8. The van der Waals surface area contributed by atoms with Crippen molar-refractivity contribution in [1.82, 2.24) is 15.1 Å². The van der Waals surface area contributed by atoms with Crippen molar-refractivity contribution in [2.45, 2.75) is 45.2 Å². The quantitative estimate of drug-likeness (QED) is 0.725. The second kappa shape index (κ2) is 4.29. The van der Waals surface area contributed by atoms with Crippen LogP contribution in [0.25, 0.3) is 0 Å². The van der Waals surface area contributed by atoms with E-state index in [0.717, 1.165) is 25.9 Å². The molecule has 0 aliphatic carbocycles. The molecule has 0 bridgehead atoms. The highest BCUT2D eigenvalue weighted by atomic mass is 16.2. The number of amides is 3. The Morgan fingerprint density at radius 3 is 2.35 bits per heavy atom. The fraction of sp³-hybridized carbons (Fsp3) is 0.833. The van der Waals surface area contributed by atoms with Gasteiger partial charge in [-0.15, -0.1) is 0 Å². The third-order valence-electron chi connectivity index (χ3n) is 3.80.